The molecule has 0 aliphatic heterocycles. The fourth-order valence-electron chi connectivity index (χ4n) is 2.19. The van der Waals surface area contributed by atoms with E-state index in [1.54, 1.807) is 12.1 Å². The standard InChI is InChI=1S/C18H19ClO4/c1-12(2)14-5-3-4-6-16(14)22-9-10-23-17-8-7-13(19)11-15(17)18(20)21/h3-8,11-12H,9-10H2,1-2H3,(H,20,21). The molecular formula is C18H19ClO4. The molecule has 0 saturated carbocycles. The molecule has 2 aromatic rings. The number of aromatic carboxylic acids is 1. The van der Waals surface area contributed by atoms with Gasteiger partial charge in [0, 0.05) is 5.02 Å². The Labute approximate surface area is 140 Å². The number of hydrogen-bond acceptors (Lipinski definition) is 3. The van der Waals surface area contributed by atoms with Crippen molar-refractivity contribution in [1.29, 1.82) is 0 Å². The van der Waals surface area contributed by atoms with Gasteiger partial charge in [0.05, 0.1) is 0 Å². The van der Waals surface area contributed by atoms with E-state index in [4.69, 9.17) is 26.2 Å². The normalized spacial score (nSPS) is 10.6. The minimum Gasteiger partial charge on any atom is -0.490 e. The third-order valence-corrected chi connectivity index (χ3v) is 3.55. The van der Waals surface area contributed by atoms with E-state index >= 15 is 0 Å². The third kappa shape index (κ3) is 4.63. The lowest BCUT2D eigenvalue weighted by Gasteiger charge is -2.14. The van der Waals surface area contributed by atoms with Gasteiger partial charge in [0.2, 0.25) is 0 Å². The van der Waals surface area contributed by atoms with E-state index in [0.29, 0.717) is 17.5 Å². The van der Waals surface area contributed by atoms with Crippen LogP contribution in [0.5, 0.6) is 11.5 Å². The summed E-state index contributed by atoms with van der Waals surface area (Å²) in [4.78, 5) is 11.2. The molecule has 0 aliphatic rings. The maximum atomic E-state index is 11.2. The van der Waals surface area contributed by atoms with Crippen LogP contribution in [0.4, 0.5) is 0 Å². The molecule has 0 aliphatic carbocycles. The summed E-state index contributed by atoms with van der Waals surface area (Å²) in [5, 5.41) is 9.51. The summed E-state index contributed by atoms with van der Waals surface area (Å²) >= 11 is 5.81. The molecule has 0 atom stereocenters. The second-order valence-corrected chi connectivity index (χ2v) is 5.77. The van der Waals surface area contributed by atoms with Crippen molar-refractivity contribution >= 4 is 17.6 Å². The molecule has 5 heteroatoms. The van der Waals surface area contributed by atoms with Crippen LogP contribution in [-0.2, 0) is 0 Å². The molecule has 0 heterocycles. The van der Waals surface area contributed by atoms with Crippen LogP contribution >= 0.6 is 11.6 Å². The van der Waals surface area contributed by atoms with E-state index in [1.807, 2.05) is 24.3 Å². The molecule has 0 radical (unpaired) electrons. The molecule has 2 aromatic carbocycles. The van der Waals surface area contributed by atoms with Crippen molar-refractivity contribution in [2.75, 3.05) is 13.2 Å². The van der Waals surface area contributed by atoms with Gasteiger partial charge in [0.25, 0.3) is 0 Å². The van der Waals surface area contributed by atoms with Crippen molar-refractivity contribution < 1.29 is 19.4 Å². The van der Waals surface area contributed by atoms with Gasteiger partial charge in [0.1, 0.15) is 30.3 Å². The zero-order chi connectivity index (χ0) is 16.8. The molecule has 0 aromatic heterocycles. The van der Waals surface area contributed by atoms with Gasteiger partial charge < -0.3 is 14.6 Å². The van der Waals surface area contributed by atoms with E-state index in [2.05, 4.69) is 13.8 Å². The van der Waals surface area contributed by atoms with Crippen molar-refractivity contribution in [3.05, 3.63) is 58.6 Å². The Morgan fingerprint density at radius 1 is 1.09 bits per heavy atom. The van der Waals surface area contributed by atoms with E-state index < -0.39 is 5.97 Å². The smallest absolute Gasteiger partial charge is 0.339 e. The molecule has 122 valence electrons. The molecule has 0 bridgehead atoms. The number of carboxylic acids is 1. The average Bonchev–Trinajstić information content (AvgIpc) is 2.52. The van der Waals surface area contributed by atoms with E-state index in [1.165, 1.54) is 6.07 Å². The fraction of sp³-hybridized carbons (Fsp3) is 0.278. The highest BCUT2D eigenvalue weighted by Crippen LogP contribution is 2.26. The van der Waals surface area contributed by atoms with Gasteiger partial charge in [0.15, 0.2) is 0 Å². The Morgan fingerprint density at radius 3 is 2.39 bits per heavy atom. The number of carbonyl (C=O) groups is 1. The summed E-state index contributed by atoms with van der Waals surface area (Å²) < 4.78 is 11.3. The minimum atomic E-state index is -1.08. The second kappa shape index (κ2) is 7.88. The summed E-state index contributed by atoms with van der Waals surface area (Å²) in [7, 11) is 0. The minimum absolute atomic E-state index is 0.0417. The maximum absolute atomic E-state index is 11.2. The highest BCUT2D eigenvalue weighted by atomic mass is 35.5. The Kier molecular flexibility index (Phi) is 5.88. The first-order chi connectivity index (χ1) is 11.0. The van der Waals surface area contributed by atoms with Crippen molar-refractivity contribution in [2.24, 2.45) is 0 Å². The van der Waals surface area contributed by atoms with Crippen LogP contribution in [0.2, 0.25) is 5.02 Å². The second-order valence-electron chi connectivity index (χ2n) is 5.34. The first-order valence-corrected chi connectivity index (χ1v) is 7.74. The highest BCUT2D eigenvalue weighted by Gasteiger charge is 2.12. The molecular weight excluding hydrogens is 316 g/mol. The monoisotopic (exact) mass is 334 g/mol. The zero-order valence-corrected chi connectivity index (χ0v) is 13.8. The predicted molar refractivity (Wildman–Crippen MR) is 89.9 cm³/mol. The van der Waals surface area contributed by atoms with Gasteiger partial charge in [-0.25, -0.2) is 4.79 Å². The lowest BCUT2D eigenvalue weighted by molar-refractivity contribution is 0.0691. The Bertz CT molecular complexity index is 682. The van der Waals surface area contributed by atoms with Gasteiger partial charge in [-0.1, -0.05) is 43.6 Å². The van der Waals surface area contributed by atoms with E-state index in [-0.39, 0.29) is 17.9 Å². The molecule has 2 rings (SSSR count). The maximum Gasteiger partial charge on any atom is 0.339 e. The van der Waals surface area contributed by atoms with Gasteiger partial charge in [-0.05, 0) is 35.7 Å². The van der Waals surface area contributed by atoms with Gasteiger partial charge in [-0.3, -0.25) is 0 Å². The molecule has 0 amide bonds. The van der Waals surface area contributed by atoms with Crippen LogP contribution in [0.15, 0.2) is 42.5 Å². The van der Waals surface area contributed by atoms with Gasteiger partial charge in [-0.15, -0.1) is 0 Å². The summed E-state index contributed by atoms with van der Waals surface area (Å²) in [6, 6.07) is 12.4. The Balaban J connectivity index is 1.95. The molecule has 0 unspecified atom stereocenters. The van der Waals surface area contributed by atoms with Crippen LogP contribution in [0, 0.1) is 0 Å². The first kappa shape index (κ1) is 17.2. The quantitative estimate of drug-likeness (QED) is 0.751. The fourth-order valence-corrected chi connectivity index (χ4v) is 2.36. The van der Waals surface area contributed by atoms with Crippen LogP contribution < -0.4 is 9.47 Å². The SMILES string of the molecule is CC(C)c1ccccc1OCCOc1ccc(Cl)cc1C(=O)O. The molecule has 0 saturated heterocycles. The summed E-state index contributed by atoms with van der Waals surface area (Å²) in [6.45, 7) is 4.77. The number of benzene rings is 2. The number of ether oxygens (including phenoxy) is 2. The lowest BCUT2D eigenvalue weighted by atomic mass is 10.0. The van der Waals surface area contributed by atoms with Crippen LogP contribution in [0.1, 0.15) is 35.7 Å². The summed E-state index contributed by atoms with van der Waals surface area (Å²) in [6.07, 6.45) is 0. The third-order valence-electron chi connectivity index (χ3n) is 3.31. The van der Waals surface area contributed by atoms with Crippen molar-refractivity contribution in [3.8, 4) is 11.5 Å². The Morgan fingerprint density at radius 2 is 1.74 bits per heavy atom. The highest BCUT2D eigenvalue weighted by molar-refractivity contribution is 6.31. The van der Waals surface area contributed by atoms with Gasteiger partial charge in [-0.2, -0.15) is 0 Å². The van der Waals surface area contributed by atoms with Crippen molar-refractivity contribution in [3.63, 3.8) is 0 Å². The summed E-state index contributed by atoms with van der Waals surface area (Å²) in [5.74, 6) is 0.388. The topological polar surface area (TPSA) is 55.8 Å². The molecule has 0 fully saturated rings. The van der Waals surface area contributed by atoms with Crippen LogP contribution in [-0.4, -0.2) is 24.3 Å². The van der Waals surface area contributed by atoms with Crippen LogP contribution in [0.25, 0.3) is 0 Å². The first-order valence-electron chi connectivity index (χ1n) is 7.36. The van der Waals surface area contributed by atoms with Crippen molar-refractivity contribution in [1.82, 2.24) is 0 Å². The lowest BCUT2D eigenvalue weighted by Crippen LogP contribution is -2.12. The van der Waals surface area contributed by atoms with Gasteiger partial charge >= 0.3 is 5.97 Å². The molecule has 23 heavy (non-hydrogen) atoms. The summed E-state index contributed by atoms with van der Waals surface area (Å²) in [5.41, 5.74) is 1.17. The van der Waals surface area contributed by atoms with E-state index in [9.17, 15) is 4.79 Å². The predicted octanol–water partition coefficient (Wildman–Crippen LogP) is 4.62. The number of hydrogen-bond donors (Lipinski definition) is 1. The largest absolute Gasteiger partial charge is 0.490 e. The Hall–Kier alpha value is -2.20. The van der Waals surface area contributed by atoms with Crippen molar-refractivity contribution in [2.45, 2.75) is 19.8 Å². The molecule has 0 spiro atoms. The molecule has 1 N–H and O–H groups in total. The number of carboxylic acid groups (broad SMARTS) is 1. The molecule has 4 nitrogen and oxygen atoms in total. The number of para-hydroxylation sites is 1. The van der Waals surface area contributed by atoms with Crippen LogP contribution in [0.3, 0.4) is 0 Å². The number of halogens is 1. The average molecular weight is 335 g/mol. The van der Waals surface area contributed by atoms with E-state index in [0.717, 1.165) is 11.3 Å². The number of rotatable bonds is 7. The zero-order valence-electron chi connectivity index (χ0n) is 13.1.